The van der Waals surface area contributed by atoms with Crippen molar-refractivity contribution in [1.29, 1.82) is 10.5 Å². The molecule has 0 N–H and O–H groups in total. The second-order valence-electron chi connectivity index (χ2n) is 6.71. The van der Waals surface area contributed by atoms with E-state index >= 15 is 0 Å². The molecule has 0 saturated heterocycles. The van der Waals surface area contributed by atoms with Crippen LogP contribution in [0.1, 0.15) is 27.0 Å². The normalized spacial score (nSPS) is 10.2. The lowest BCUT2D eigenvalue weighted by atomic mass is 10.1. The van der Waals surface area contributed by atoms with Gasteiger partial charge >= 0.3 is 0 Å². The lowest BCUT2D eigenvalue weighted by Crippen LogP contribution is -1.96. The van der Waals surface area contributed by atoms with Gasteiger partial charge in [0.1, 0.15) is 23.6 Å². The molecule has 0 amide bonds. The van der Waals surface area contributed by atoms with E-state index in [1.54, 1.807) is 48.5 Å². The lowest BCUT2D eigenvalue weighted by molar-refractivity contribution is 0.104. The fourth-order valence-electron chi connectivity index (χ4n) is 3.07. The first-order valence-corrected chi connectivity index (χ1v) is 9.77. The summed E-state index contributed by atoms with van der Waals surface area (Å²) in [4.78, 5) is 12.6. The lowest BCUT2D eigenvalue weighted by Gasteiger charge is -2.12. The summed E-state index contributed by atoms with van der Waals surface area (Å²) in [6, 6.07) is 18.7. The van der Waals surface area contributed by atoms with Gasteiger partial charge in [0.15, 0.2) is 17.3 Å². The molecule has 0 heterocycles. The zero-order chi connectivity index (χ0) is 23.8. The molecule has 3 rings (SSSR count). The monoisotopic (exact) mass is 440 g/mol. The van der Waals surface area contributed by atoms with Gasteiger partial charge in [-0.3, -0.25) is 4.79 Å². The van der Waals surface area contributed by atoms with Crippen molar-refractivity contribution < 1.29 is 23.7 Å². The molecule has 7 nitrogen and oxygen atoms in total. The summed E-state index contributed by atoms with van der Waals surface area (Å²) in [5.41, 5.74) is 1.71. The maximum Gasteiger partial charge on any atom is 0.203 e. The number of benzene rings is 3. The summed E-state index contributed by atoms with van der Waals surface area (Å²) in [6.45, 7) is 0. The highest BCUT2D eigenvalue weighted by Gasteiger charge is 2.12. The van der Waals surface area contributed by atoms with Crippen LogP contribution in [0.4, 0.5) is 0 Å². The molecule has 0 atom stereocenters. The number of methoxy groups -OCH3 is 3. The van der Waals surface area contributed by atoms with Gasteiger partial charge in [0.05, 0.1) is 32.5 Å². The van der Waals surface area contributed by atoms with Crippen LogP contribution in [-0.4, -0.2) is 27.1 Å². The molecule has 3 aromatic rings. The molecule has 0 saturated carbocycles. The molecule has 7 heteroatoms. The largest absolute Gasteiger partial charge is 0.493 e. The van der Waals surface area contributed by atoms with Gasteiger partial charge in [-0.25, -0.2) is 0 Å². The SMILES string of the molecule is COc1cc(/C=C/C(=O)c2ccc(Oc3ccc(C#N)c(C#N)c3)cc2)cc(OC)c1OC. The third-order valence-corrected chi connectivity index (χ3v) is 4.72. The number of rotatable bonds is 8. The Kier molecular flexibility index (Phi) is 7.31. The molecule has 3 aromatic carbocycles. The standard InChI is InChI=1S/C26H20N2O5/c1-30-24-12-17(13-25(31-2)26(24)32-3)4-11-23(29)18-5-8-21(9-6-18)33-22-10-7-19(15-27)20(14-22)16-28/h4-14H,1-3H3/b11-4+. The number of allylic oxidation sites excluding steroid dienone is 1. The maximum absolute atomic E-state index is 12.6. The number of nitrogens with zero attached hydrogens (tertiary/aromatic N) is 2. The minimum absolute atomic E-state index is 0.194. The van der Waals surface area contributed by atoms with Crippen molar-refractivity contribution in [3.8, 4) is 40.9 Å². The topological polar surface area (TPSA) is 102 Å². The third-order valence-electron chi connectivity index (χ3n) is 4.72. The predicted octanol–water partition coefficient (Wildman–Crippen LogP) is 5.14. The van der Waals surface area contributed by atoms with Gasteiger partial charge in [-0.15, -0.1) is 0 Å². The van der Waals surface area contributed by atoms with Gasteiger partial charge in [0.25, 0.3) is 0 Å². The molecule has 0 aliphatic rings. The fraction of sp³-hybridized carbons (Fsp3) is 0.115. The third kappa shape index (κ3) is 5.30. The Morgan fingerprint density at radius 1 is 0.788 bits per heavy atom. The Labute approximate surface area is 191 Å². The molecule has 0 bridgehead atoms. The van der Waals surface area contributed by atoms with E-state index in [2.05, 4.69) is 0 Å². The smallest absolute Gasteiger partial charge is 0.203 e. The van der Waals surface area contributed by atoms with Crippen LogP contribution in [0.25, 0.3) is 6.08 Å². The number of nitriles is 2. The number of ether oxygens (including phenoxy) is 4. The molecular formula is C26H20N2O5. The van der Waals surface area contributed by atoms with Crippen molar-refractivity contribution in [2.24, 2.45) is 0 Å². The van der Waals surface area contributed by atoms with Crippen LogP contribution in [0, 0.1) is 22.7 Å². The van der Waals surface area contributed by atoms with Crippen molar-refractivity contribution >= 4 is 11.9 Å². The summed E-state index contributed by atoms with van der Waals surface area (Å²) >= 11 is 0. The molecule has 0 spiro atoms. The number of carbonyl (C=O) groups excluding carboxylic acids is 1. The highest BCUT2D eigenvalue weighted by Crippen LogP contribution is 2.38. The van der Waals surface area contributed by atoms with Crippen molar-refractivity contribution in [3.05, 3.63) is 82.9 Å². The van der Waals surface area contributed by atoms with E-state index in [-0.39, 0.29) is 16.9 Å². The second-order valence-corrected chi connectivity index (χ2v) is 6.71. The van der Waals surface area contributed by atoms with Gasteiger partial charge in [0.2, 0.25) is 5.75 Å². The first kappa shape index (κ1) is 22.9. The Morgan fingerprint density at radius 2 is 1.39 bits per heavy atom. The molecule has 164 valence electrons. The molecular weight excluding hydrogens is 420 g/mol. The highest BCUT2D eigenvalue weighted by atomic mass is 16.5. The summed E-state index contributed by atoms with van der Waals surface area (Å²) in [5.74, 6) is 2.19. The quantitative estimate of drug-likeness (QED) is 0.353. The van der Waals surface area contributed by atoms with Crippen molar-refractivity contribution in [2.45, 2.75) is 0 Å². The molecule has 0 aliphatic heterocycles. The number of hydrogen-bond donors (Lipinski definition) is 0. The zero-order valence-electron chi connectivity index (χ0n) is 18.3. The van der Waals surface area contributed by atoms with Gasteiger partial charge in [0, 0.05) is 5.56 Å². The average molecular weight is 440 g/mol. The van der Waals surface area contributed by atoms with Crippen molar-refractivity contribution in [2.75, 3.05) is 21.3 Å². The van der Waals surface area contributed by atoms with Crippen LogP contribution in [0.2, 0.25) is 0 Å². The van der Waals surface area contributed by atoms with Crippen LogP contribution in [0.15, 0.2) is 60.7 Å². The van der Waals surface area contributed by atoms with E-state index in [9.17, 15) is 4.79 Å². The number of hydrogen-bond acceptors (Lipinski definition) is 7. The number of carbonyl (C=O) groups is 1. The minimum atomic E-state index is -0.194. The molecule has 33 heavy (non-hydrogen) atoms. The van der Waals surface area contributed by atoms with E-state index in [4.69, 9.17) is 29.5 Å². The van der Waals surface area contributed by atoms with Gasteiger partial charge in [-0.2, -0.15) is 10.5 Å². The molecule has 0 aromatic heterocycles. The maximum atomic E-state index is 12.6. The Balaban J connectivity index is 1.74. The van der Waals surface area contributed by atoms with Crippen LogP contribution >= 0.6 is 0 Å². The van der Waals surface area contributed by atoms with Crippen LogP contribution < -0.4 is 18.9 Å². The van der Waals surface area contributed by atoms with E-state index < -0.39 is 0 Å². The Morgan fingerprint density at radius 3 is 1.94 bits per heavy atom. The van der Waals surface area contributed by atoms with Crippen LogP contribution in [-0.2, 0) is 0 Å². The summed E-state index contributed by atoms with van der Waals surface area (Å²) in [7, 11) is 4.58. The zero-order valence-corrected chi connectivity index (χ0v) is 18.3. The Hall–Kier alpha value is -4.75. The van der Waals surface area contributed by atoms with Gasteiger partial charge < -0.3 is 18.9 Å². The first-order chi connectivity index (χ1) is 16.0. The molecule has 0 unspecified atom stereocenters. The van der Waals surface area contributed by atoms with E-state index in [0.29, 0.717) is 39.9 Å². The second kappa shape index (κ2) is 10.5. The van der Waals surface area contributed by atoms with E-state index in [0.717, 1.165) is 0 Å². The van der Waals surface area contributed by atoms with E-state index in [1.807, 2.05) is 12.1 Å². The van der Waals surface area contributed by atoms with Crippen LogP contribution in [0.3, 0.4) is 0 Å². The summed E-state index contributed by atoms with van der Waals surface area (Å²) < 4.78 is 21.7. The predicted molar refractivity (Wildman–Crippen MR) is 122 cm³/mol. The number of ketones is 1. The van der Waals surface area contributed by atoms with Crippen molar-refractivity contribution in [1.82, 2.24) is 0 Å². The first-order valence-electron chi connectivity index (χ1n) is 9.77. The van der Waals surface area contributed by atoms with Gasteiger partial charge in [-0.05, 0) is 66.2 Å². The summed E-state index contributed by atoms with van der Waals surface area (Å²) in [5, 5.41) is 18.1. The molecule has 0 radical (unpaired) electrons. The minimum Gasteiger partial charge on any atom is -0.493 e. The average Bonchev–Trinajstić information content (AvgIpc) is 2.86. The summed E-state index contributed by atoms with van der Waals surface area (Å²) in [6.07, 6.45) is 3.12. The Bertz CT molecular complexity index is 1260. The van der Waals surface area contributed by atoms with Crippen LogP contribution in [0.5, 0.6) is 28.7 Å². The highest BCUT2D eigenvalue weighted by molar-refractivity contribution is 6.06. The van der Waals surface area contributed by atoms with Crippen molar-refractivity contribution in [3.63, 3.8) is 0 Å². The van der Waals surface area contributed by atoms with Gasteiger partial charge in [-0.1, -0.05) is 6.08 Å². The van der Waals surface area contributed by atoms with E-state index in [1.165, 1.54) is 39.5 Å². The molecule has 0 fully saturated rings. The molecule has 0 aliphatic carbocycles. The fourth-order valence-corrected chi connectivity index (χ4v) is 3.07.